The third-order valence-electron chi connectivity index (χ3n) is 4.21. The van der Waals surface area contributed by atoms with Crippen LogP contribution in [0.5, 0.6) is 0 Å². The van der Waals surface area contributed by atoms with Crippen LogP contribution in [0.2, 0.25) is 0 Å². The van der Waals surface area contributed by atoms with Crippen LogP contribution >= 0.6 is 11.3 Å². The molecular weight excluding hydrogens is 375 g/mol. The first-order valence-electron chi connectivity index (χ1n) is 8.18. The van der Waals surface area contributed by atoms with Crippen molar-refractivity contribution in [1.29, 1.82) is 0 Å². The molecule has 3 rings (SSSR count). The Bertz CT molecular complexity index is 978. The molecule has 142 valence electrons. The molecule has 0 saturated carbocycles. The van der Waals surface area contributed by atoms with E-state index in [9.17, 15) is 18.0 Å². The van der Waals surface area contributed by atoms with Crippen LogP contribution in [0.1, 0.15) is 26.5 Å². The van der Waals surface area contributed by atoms with Gasteiger partial charge in [-0.2, -0.15) is 13.2 Å². The molecule has 0 unspecified atom stereocenters. The van der Waals surface area contributed by atoms with Crippen LogP contribution in [0, 0.1) is 6.92 Å². The van der Waals surface area contributed by atoms with E-state index < -0.39 is 11.9 Å². The van der Waals surface area contributed by atoms with E-state index in [1.807, 2.05) is 43.3 Å². The van der Waals surface area contributed by atoms with Gasteiger partial charge in [-0.3, -0.25) is 4.79 Å². The van der Waals surface area contributed by atoms with Crippen molar-refractivity contribution in [1.82, 2.24) is 10.3 Å². The first-order valence-corrected chi connectivity index (χ1v) is 9.00. The molecule has 2 aromatic heterocycles. The summed E-state index contributed by atoms with van der Waals surface area (Å²) < 4.78 is 38.5. The number of amides is 1. The molecule has 0 aliphatic heterocycles. The minimum absolute atomic E-state index is 0.211. The van der Waals surface area contributed by atoms with Gasteiger partial charge < -0.3 is 10.2 Å². The van der Waals surface area contributed by atoms with Crippen molar-refractivity contribution in [2.75, 3.05) is 19.0 Å². The second kappa shape index (κ2) is 7.19. The summed E-state index contributed by atoms with van der Waals surface area (Å²) in [6, 6.07) is 10.1. The highest BCUT2D eigenvalue weighted by atomic mass is 32.1. The van der Waals surface area contributed by atoms with Crippen molar-refractivity contribution in [3.05, 3.63) is 58.1 Å². The van der Waals surface area contributed by atoms with Crippen LogP contribution in [-0.2, 0) is 12.7 Å². The molecule has 1 N–H and O–H groups in total. The van der Waals surface area contributed by atoms with Gasteiger partial charge in [0.05, 0.1) is 4.88 Å². The number of nitrogens with zero attached hydrogens (tertiary/aromatic N) is 2. The number of thiophene rings is 1. The van der Waals surface area contributed by atoms with Gasteiger partial charge >= 0.3 is 6.18 Å². The number of hydrogen-bond donors (Lipinski definition) is 1. The van der Waals surface area contributed by atoms with Gasteiger partial charge in [0.15, 0.2) is 0 Å². The Kier molecular flexibility index (Phi) is 5.10. The predicted molar refractivity (Wildman–Crippen MR) is 101 cm³/mol. The summed E-state index contributed by atoms with van der Waals surface area (Å²) in [6.45, 7) is 2.05. The monoisotopic (exact) mass is 393 g/mol. The van der Waals surface area contributed by atoms with E-state index in [0.29, 0.717) is 22.4 Å². The minimum atomic E-state index is -4.51. The quantitative estimate of drug-likeness (QED) is 0.704. The van der Waals surface area contributed by atoms with Crippen LogP contribution in [-0.4, -0.2) is 25.0 Å². The van der Waals surface area contributed by atoms with E-state index >= 15 is 0 Å². The van der Waals surface area contributed by atoms with E-state index in [-0.39, 0.29) is 10.7 Å². The Balaban J connectivity index is 1.78. The zero-order valence-corrected chi connectivity index (χ0v) is 15.8. The number of fused-ring (bicyclic) bond motifs is 1. The first-order chi connectivity index (χ1) is 12.7. The lowest BCUT2D eigenvalue weighted by Crippen LogP contribution is -2.22. The number of carbonyl (C=O) groups is 1. The zero-order chi connectivity index (χ0) is 19.8. The fourth-order valence-corrected chi connectivity index (χ4v) is 3.74. The lowest BCUT2D eigenvalue weighted by Gasteiger charge is -2.12. The average molecular weight is 393 g/mol. The van der Waals surface area contributed by atoms with Crippen molar-refractivity contribution in [2.24, 2.45) is 0 Å². The second-order valence-corrected chi connectivity index (χ2v) is 7.35. The van der Waals surface area contributed by atoms with E-state index in [1.165, 1.54) is 6.07 Å². The Hall–Kier alpha value is -2.61. The Morgan fingerprint density at radius 3 is 2.41 bits per heavy atom. The molecule has 0 bridgehead atoms. The molecular formula is C19H18F3N3OS. The highest BCUT2D eigenvalue weighted by molar-refractivity contribution is 7.20. The standard InChI is InChI=1S/C19H18F3N3OS/c1-11-14-8-9-15(19(20,21)22)24-18(14)27-16(11)17(26)23-10-12-4-6-13(7-5-12)25(2)3/h4-9H,10H2,1-3H3,(H,23,26). The van der Waals surface area contributed by atoms with Gasteiger partial charge in [-0.1, -0.05) is 12.1 Å². The SMILES string of the molecule is Cc1c(C(=O)NCc2ccc(N(C)C)cc2)sc2nc(C(F)(F)F)ccc12. The lowest BCUT2D eigenvalue weighted by atomic mass is 10.1. The van der Waals surface area contributed by atoms with E-state index in [1.54, 1.807) is 6.92 Å². The van der Waals surface area contributed by atoms with Gasteiger partial charge in [0.1, 0.15) is 10.5 Å². The van der Waals surface area contributed by atoms with Gasteiger partial charge in [-0.15, -0.1) is 11.3 Å². The molecule has 0 radical (unpaired) electrons. The van der Waals surface area contributed by atoms with E-state index in [4.69, 9.17) is 0 Å². The molecule has 0 atom stereocenters. The highest BCUT2D eigenvalue weighted by Gasteiger charge is 2.33. The Morgan fingerprint density at radius 2 is 1.81 bits per heavy atom. The molecule has 8 heteroatoms. The normalized spacial score (nSPS) is 11.6. The number of alkyl halides is 3. The van der Waals surface area contributed by atoms with E-state index in [2.05, 4.69) is 10.3 Å². The van der Waals surface area contributed by atoms with Gasteiger partial charge in [-0.25, -0.2) is 4.98 Å². The molecule has 1 amide bonds. The number of pyridine rings is 1. The van der Waals surface area contributed by atoms with Gasteiger partial charge in [-0.05, 0) is 42.3 Å². The number of aryl methyl sites for hydroxylation is 1. The maximum Gasteiger partial charge on any atom is 0.433 e. The molecule has 2 heterocycles. The number of aromatic nitrogens is 1. The van der Waals surface area contributed by atoms with Crippen LogP contribution in [0.25, 0.3) is 10.2 Å². The van der Waals surface area contributed by atoms with Crippen molar-refractivity contribution < 1.29 is 18.0 Å². The van der Waals surface area contributed by atoms with Gasteiger partial charge in [0.25, 0.3) is 5.91 Å². The summed E-state index contributed by atoms with van der Waals surface area (Å²) in [4.78, 5) is 18.7. The van der Waals surface area contributed by atoms with Crippen molar-refractivity contribution in [3.63, 3.8) is 0 Å². The fourth-order valence-electron chi connectivity index (χ4n) is 2.65. The summed E-state index contributed by atoms with van der Waals surface area (Å²) in [5, 5.41) is 3.38. The van der Waals surface area contributed by atoms with Crippen LogP contribution in [0.15, 0.2) is 36.4 Å². The Morgan fingerprint density at radius 1 is 1.15 bits per heavy atom. The molecule has 27 heavy (non-hydrogen) atoms. The van der Waals surface area contributed by atoms with Crippen molar-refractivity contribution in [2.45, 2.75) is 19.6 Å². The average Bonchev–Trinajstić information content (AvgIpc) is 2.95. The predicted octanol–water partition coefficient (Wildman–Crippen LogP) is 4.62. The van der Waals surface area contributed by atoms with Crippen LogP contribution in [0.4, 0.5) is 18.9 Å². The summed E-state index contributed by atoms with van der Waals surface area (Å²) in [5.41, 5.74) is 1.67. The number of hydrogen-bond acceptors (Lipinski definition) is 4. The number of anilines is 1. The third-order valence-corrected chi connectivity index (χ3v) is 5.41. The topological polar surface area (TPSA) is 45.2 Å². The number of rotatable bonds is 4. The lowest BCUT2D eigenvalue weighted by molar-refractivity contribution is -0.140. The molecule has 0 aliphatic rings. The highest BCUT2D eigenvalue weighted by Crippen LogP contribution is 2.34. The van der Waals surface area contributed by atoms with Crippen LogP contribution < -0.4 is 10.2 Å². The third kappa shape index (κ3) is 4.05. The maximum atomic E-state index is 12.8. The Labute approximate surface area is 158 Å². The number of benzene rings is 1. The molecule has 4 nitrogen and oxygen atoms in total. The smallest absolute Gasteiger partial charge is 0.378 e. The molecule has 0 aliphatic carbocycles. The molecule has 3 aromatic rings. The van der Waals surface area contributed by atoms with Crippen molar-refractivity contribution >= 4 is 33.1 Å². The van der Waals surface area contributed by atoms with Gasteiger partial charge in [0, 0.05) is 31.7 Å². The largest absolute Gasteiger partial charge is 0.433 e. The number of carbonyl (C=O) groups excluding carboxylic acids is 1. The fraction of sp³-hybridized carbons (Fsp3) is 0.263. The van der Waals surface area contributed by atoms with Gasteiger partial charge in [0.2, 0.25) is 0 Å². The molecule has 0 fully saturated rings. The summed E-state index contributed by atoms with van der Waals surface area (Å²) in [5.74, 6) is -0.319. The maximum absolute atomic E-state index is 12.8. The molecule has 0 spiro atoms. The summed E-state index contributed by atoms with van der Waals surface area (Å²) >= 11 is 0.974. The molecule has 1 aromatic carbocycles. The van der Waals surface area contributed by atoms with Crippen LogP contribution in [0.3, 0.4) is 0 Å². The first kappa shape index (κ1) is 19.2. The number of nitrogens with one attached hydrogen (secondary N) is 1. The zero-order valence-electron chi connectivity index (χ0n) is 15.0. The van der Waals surface area contributed by atoms with E-state index in [0.717, 1.165) is 28.7 Å². The molecule has 0 saturated heterocycles. The second-order valence-electron chi connectivity index (χ2n) is 6.35. The minimum Gasteiger partial charge on any atom is -0.378 e. The summed E-state index contributed by atoms with van der Waals surface area (Å²) in [7, 11) is 3.89. The number of halogens is 3. The van der Waals surface area contributed by atoms with Crippen molar-refractivity contribution in [3.8, 4) is 0 Å². The summed E-state index contributed by atoms with van der Waals surface area (Å²) in [6.07, 6.45) is -4.51.